The summed E-state index contributed by atoms with van der Waals surface area (Å²) in [4.78, 5) is 21.1. The number of fused-ring (bicyclic) bond motifs is 1. The van der Waals surface area contributed by atoms with Crippen molar-refractivity contribution in [3.63, 3.8) is 0 Å². The van der Waals surface area contributed by atoms with Gasteiger partial charge in [-0.2, -0.15) is 10.1 Å². The molecule has 6 rings (SSSR count). The molecule has 1 saturated heterocycles. The Balaban J connectivity index is 1.43. The number of aryl methyl sites for hydroxylation is 3. The van der Waals surface area contributed by atoms with Crippen LogP contribution in [0.3, 0.4) is 0 Å². The molecule has 2 fully saturated rings. The van der Waals surface area contributed by atoms with E-state index in [1.165, 1.54) is 18.9 Å². The number of hydrogen-bond donors (Lipinski definition) is 0. The summed E-state index contributed by atoms with van der Waals surface area (Å²) in [6.45, 7) is 8.89. The van der Waals surface area contributed by atoms with E-state index in [0.29, 0.717) is 47.5 Å². The van der Waals surface area contributed by atoms with Crippen LogP contribution in [0, 0.1) is 26.6 Å². The number of benzene rings is 1. The Morgan fingerprint density at radius 2 is 1.80 bits per heavy atom. The Morgan fingerprint density at radius 1 is 1.00 bits per heavy atom. The fraction of sp³-hybridized carbons (Fsp3) is 0.423. The van der Waals surface area contributed by atoms with Crippen LogP contribution in [0.15, 0.2) is 30.6 Å². The van der Waals surface area contributed by atoms with Crippen molar-refractivity contribution < 1.29 is 9.13 Å². The highest BCUT2D eigenvalue weighted by atomic mass is 19.1. The highest BCUT2D eigenvalue weighted by Gasteiger charge is 2.31. The van der Waals surface area contributed by atoms with E-state index in [1.807, 2.05) is 44.6 Å². The summed E-state index contributed by atoms with van der Waals surface area (Å²) < 4.78 is 23.4. The molecule has 3 aromatic heterocycles. The summed E-state index contributed by atoms with van der Waals surface area (Å²) in [5.74, 6) is 0.163. The molecule has 9 heteroatoms. The molecule has 0 N–H and O–H groups in total. The molecule has 1 aromatic carbocycles. The first-order valence-electron chi connectivity index (χ1n) is 12.1. The van der Waals surface area contributed by atoms with Gasteiger partial charge in [0.2, 0.25) is 5.95 Å². The molecular weight excluding hydrogens is 445 g/mol. The second-order valence-corrected chi connectivity index (χ2v) is 9.75. The molecule has 2 atom stereocenters. The quantitative estimate of drug-likeness (QED) is 0.427. The molecule has 1 aliphatic heterocycles. The van der Waals surface area contributed by atoms with Crippen molar-refractivity contribution in [1.29, 1.82) is 0 Å². The summed E-state index contributed by atoms with van der Waals surface area (Å²) >= 11 is 0. The lowest BCUT2D eigenvalue weighted by Gasteiger charge is -2.36. The van der Waals surface area contributed by atoms with Gasteiger partial charge < -0.3 is 9.64 Å². The van der Waals surface area contributed by atoms with Crippen molar-refractivity contribution in [3.8, 4) is 11.3 Å². The molecule has 4 aromatic rings. The smallest absolute Gasteiger partial charge is 0.228 e. The topological polar surface area (TPSA) is 81.9 Å². The third kappa shape index (κ3) is 4.14. The van der Waals surface area contributed by atoms with Crippen LogP contribution in [-0.4, -0.2) is 48.9 Å². The van der Waals surface area contributed by atoms with Crippen molar-refractivity contribution in [1.82, 2.24) is 29.7 Å². The van der Waals surface area contributed by atoms with E-state index in [1.54, 1.807) is 6.07 Å². The maximum atomic E-state index is 15.1. The Kier molecular flexibility index (Phi) is 5.25. The van der Waals surface area contributed by atoms with Gasteiger partial charge in [-0.15, -0.1) is 0 Å². The third-order valence-electron chi connectivity index (χ3n) is 6.77. The maximum Gasteiger partial charge on any atom is 0.228 e. The second-order valence-electron chi connectivity index (χ2n) is 9.75. The number of halogens is 1. The number of anilines is 1. The van der Waals surface area contributed by atoms with E-state index >= 15 is 4.39 Å². The molecule has 2 unspecified atom stereocenters. The first kappa shape index (κ1) is 22.0. The van der Waals surface area contributed by atoms with Gasteiger partial charge in [0.05, 0.1) is 36.3 Å². The average molecular weight is 474 g/mol. The SMILES string of the molecule is Cc1ccc(-c2nc(N3CC(C)OC(c4cnn(C5CC5)c4)C3)nc3nc(C)c(C)nc23)c(F)c1. The standard InChI is InChI=1S/C26H28FN7O/c1-14-5-8-20(21(27)9-14)23-24-25(30-17(4)16(3)29-24)32-26(31-23)33-11-15(2)35-22(13-33)18-10-28-34(12-18)19-6-7-19/h5,8-10,12,15,19,22H,6-7,11,13H2,1-4H3. The van der Waals surface area contributed by atoms with Crippen LogP contribution in [-0.2, 0) is 4.74 Å². The Labute approximate surface area is 203 Å². The van der Waals surface area contributed by atoms with Crippen LogP contribution in [0.2, 0.25) is 0 Å². The first-order chi connectivity index (χ1) is 16.9. The maximum absolute atomic E-state index is 15.1. The van der Waals surface area contributed by atoms with Crippen LogP contribution in [0.25, 0.3) is 22.4 Å². The van der Waals surface area contributed by atoms with E-state index in [-0.39, 0.29) is 18.0 Å². The van der Waals surface area contributed by atoms with E-state index in [9.17, 15) is 0 Å². The number of rotatable bonds is 4. The summed E-state index contributed by atoms with van der Waals surface area (Å²) in [7, 11) is 0. The Bertz CT molecular complexity index is 1430. The minimum absolute atomic E-state index is 0.0391. The molecule has 0 bridgehead atoms. The molecule has 1 aliphatic carbocycles. The molecule has 2 aliphatic rings. The lowest BCUT2D eigenvalue weighted by Crippen LogP contribution is -2.43. The zero-order valence-electron chi connectivity index (χ0n) is 20.4. The van der Waals surface area contributed by atoms with Crippen LogP contribution in [0.1, 0.15) is 54.4 Å². The van der Waals surface area contributed by atoms with Crippen molar-refractivity contribution >= 4 is 17.1 Å². The van der Waals surface area contributed by atoms with Gasteiger partial charge in [-0.3, -0.25) is 4.68 Å². The summed E-state index contributed by atoms with van der Waals surface area (Å²) in [5, 5.41) is 4.53. The molecule has 1 saturated carbocycles. The van der Waals surface area contributed by atoms with Gasteiger partial charge in [0.1, 0.15) is 23.1 Å². The fourth-order valence-electron chi connectivity index (χ4n) is 4.60. The molecule has 0 radical (unpaired) electrons. The van der Waals surface area contributed by atoms with Crippen molar-refractivity contribution in [2.75, 3.05) is 18.0 Å². The average Bonchev–Trinajstić information content (AvgIpc) is 3.55. The van der Waals surface area contributed by atoms with Gasteiger partial charge in [0.15, 0.2) is 5.65 Å². The van der Waals surface area contributed by atoms with Crippen molar-refractivity contribution in [2.24, 2.45) is 0 Å². The lowest BCUT2D eigenvalue weighted by atomic mass is 10.1. The third-order valence-corrected chi connectivity index (χ3v) is 6.77. The molecule has 0 amide bonds. The largest absolute Gasteiger partial charge is 0.367 e. The number of aromatic nitrogens is 6. The molecule has 0 spiro atoms. The number of hydrogen-bond acceptors (Lipinski definition) is 7. The van der Waals surface area contributed by atoms with Crippen molar-refractivity contribution in [2.45, 2.75) is 58.8 Å². The normalized spacial score (nSPS) is 20.5. The zero-order valence-corrected chi connectivity index (χ0v) is 20.4. The van der Waals surface area contributed by atoms with Gasteiger partial charge in [-0.05, 0) is 58.2 Å². The fourth-order valence-corrected chi connectivity index (χ4v) is 4.60. The van der Waals surface area contributed by atoms with Gasteiger partial charge in [0, 0.05) is 23.9 Å². The highest BCUT2D eigenvalue weighted by Crippen LogP contribution is 2.36. The van der Waals surface area contributed by atoms with E-state index in [0.717, 1.165) is 22.5 Å². The van der Waals surface area contributed by atoms with Gasteiger partial charge >= 0.3 is 0 Å². The van der Waals surface area contributed by atoms with Crippen LogP contribution in [0.4, 0.5) is 10.3 Å². The summed E-state index contributed by atoms with van der Waals surface area (Å²) in [6.07, 6.45) is 6.14. The molecule has 8 nitrogen and oxygen atoms in total. The minimum atomic E-state index is -0.336. The zero-order chi connectivity index (χ0) is 24.3. The first-order valence-corrected chi connectivity index (χ1v) is 12.1. The van der Waals surface area contributed by atoms with Crippen LogP contribution < -0.4 is 4.90 Å². The summed E-state index contributed by atoms with van der Waals surface area (Å²) in [6, 6.07) is 5.67. The highest BCUT2D eigenvalue weighted by molar-refractivity contribution is 5.88. The second kappa shape index (κ2) is 8.34. The van der Waals surface area contributed by atoms with Gasteiger partial charge in [0.25, 0.3) is 0 Å². The molecular formula is C26H28FN7O. The lowest BCUT2D eigenvalue weighted by molar-refractivity contribution is -0.0178. The van der Waals surface area contributed by atoms with Gasteiger partial charge in [-0.25, -0.2) is 19.3 Å². The van der Waals surface area contributed by atoms with Crippen molar-refractivity contribution in [3.05, 3.63) is 58.9 Å². The number of ether oxygens (including phenoxy) is 1. The monoisotopic (exact) mass is 473 g/mol. The Morgan fingerprint density at radius 3 is 2.57 bits per heavy atom. The van der Waals surface area contributed by atoms with Crippen LogP contribution in [0.5, 0.6) is 0 Å². The number of nitrogens with zero attached hydrogens (tertiary/aromatic N) is 7. The molecule has 4 heterocycles. The number of morpholine rings is 1. The minimum Gasteiger partial charge on any atom is -0.367 e. The molecule has 180 valence electrons. The summed E-state index contributed by atoms with van der Waals surface area (Å²) in [5.41, 5.74) is 5.27. The van der Waals surface area contributed by atoms with E-state index in [4.69, 9.17) is 19.7 Å². The van der Waals surface area contributed by atoms with Gasteiger partial charge in [-0.1, -0.05) is 6.07 Å². The van der Waals surface area contributed by atoms with E-state index < -0.39 is 0 Å². The van der Waals surface area contributed by atoms with E-state index in [2.05, 4.69) is 21.2 Å². The predicted molar refractivity (Wildman–Crippen MR) is 131 cm³/mol. The van der Waals surface area contributed by atoms with Crippen LogP contribution >= 0.6 is 0 Å². The Hall–Kier alpha value is -3.46. The predicted octanol–water partition coefficient (Wildman–Crippen LogP) is 4.65. The molecule has 35 heavy (non-hydrogen) atoms.